The number of rotatable bonds is 4. The Kier molecular flexibility index (Phi) is 6.32. The van der Waals surface area contributed by atoms with Gasteiger partial charge in [-0.25, -0.2) is 4.79 Å². The van der Waals surface area contributed by atoms with Gasteiger partial charge in [0.1, 0.15) is 0 Å². The fraction of sp³-hybridized carbons (Fsp3) is 0.375. The zero-order chi connectivity index (χ0) is 21.8. The lowest BCUT2D eigenvalue weighted by Gasteiger charge is -2.41. The van der Waals surface area contributed by atoms with Gasteiger partial charge in [-0.2, -0.15) is 0 Å². The summed E-state index contributed by atoms with van der Waals surface area (Å²) in [7, 11) is 0. The van der Waals surface area contributed by atoms with Gasteiger partial charge in [0.15, 0.2) is 0 Å². The molecule has 7 heteroatoms. The predicted octanol–water partition coefficient (Wildman–Crippen LogP) is 2.20. The first-order valence-corrected chi connectivity index (χ1v) is 10.8. The van der Waals surface area contributed by atoms with E-state index in [4.69, 9.17) is 0 Å². The zero-order valence-electron chi connectivity index (χ0n) is 17.8. The Morgan fingerprint density at radius 2 is 1.32 bits per heavy atom. The molecule has 0 aromatic heterocycles. The Balaban J connectivity index is 1.45. The van der Waals surface area contributed by atoms with Crippen LogP contribution >= 0.6 is 0 Å². The molecule has 0 aliphatic carbocycles. The van der Waals surface area contributed by atoms with Crippen molar-refractivity contribution in [3.05, 3.63) is 71.8 Å². The number of imide groups is 1. The first kappa shape index (κ1) is 21.1. The molecule has 0 spiro atoms. The van der Waals surface area contributed by atoms with Crippen LogP contribution in [-0.4, -0.2) is 83.3 Å². The molecule has 4 rings (SSSR count). The smallest absolute Gasteiger partial charge is 0.327 e. The average Bonchev–Trinajstić information content (AvgIpc) is 2.82. The van der Waals surface area contributed by atoms with Crippen molar-refractivity contribution < 1.29 is 14.4 Å². The van der Waals surface area contributed by atoms with E-state index in [1.165, 1.54) is 16.0 Å². The van der Waals surface area contributed by atoms with Gasteiger partial charge in [-0.3, -0.25) is 19.4 Å². The summed E-state index contributed by atoms with van der Waals surface area (Å²) in [5.74, 6) is -1.30. The third-order valence-electron chi connectivity index (χ3n) is 6.10. The minimum atomic E-state index is -0.716. The van der Waals surface area contributed by atoms with E-state index in [0.29, 0.717) is 39.3 Å². The number of amides is 4. The van der Waals surface area contributed by atoms with Crippen molar-refractivity contribution in [2.45, 2.75) is 13.0 Å². The van der Waals surface area contributed by atoms with Crippen LogP contribution in [0, 0.1) is 0 Å². The lowest BCUT2D eigenvalue weighted by molar-refractivity contribution is -0.154. The van der Waals surface area contributed by atoms with Crippen molar-refractivity contribution in [2.24, 2.45) is 0 Å². The van der Waals surface area contributed by atoms with Crippen LogP contribution in [0.3, 0.4) is 0 Å². The van der Waals surface area contributed by atoms with Gasteiger partial charge in [0.05, 0.1) is 6.04 Å². The van der Waals surface area contributed by atoms with Crippen molar-refractivity contribution in [3.8, 4) is 0 Å². The lowest BCUT2D eigenvalue weighted by Crippen LogP contribution is -2.61. The van der Waals surface area contributed by atoms with Crippen LogP contribution in [0.2, 0.25) is 0 Å². The molecule has 2 heterocycles. The second kappa shape index (κ2) is 9.31. The van der Waals surface area contributed by atoms with E-state index in [2.05, 4.69) is 29.2 Å². The van der Waals surface area contributed by atoms with Gasteiger partial charge in [0.2, 0.25) is 0 Å². The quantitative estimate of drug-likeness (QED) is 0.712. The Bertz CT molecular complexity index is 887. The summed E-state index contributed by atoms with van der Waals surface area (Å²) in [5, 5.41) is 0. The Hall–Kier alpha value is -3.19. The van der Waals surface area contributed by atoms with Gasteiger partial charge >= 0.3 is 17.8 Å². The Morgan fingerprint density at radius 1 is 0.774 bits per heavy atom. The molecule has 2 saturated heterocycles. The SMILES string of the molecule is CCN1CCN(C(=O)N2CCN(C(c3ccccc3)c3ccccc3)CC2)C(=O)C1=O. The summed E-state index contributed by atoms with van der Waals surface area (Å²) >= 11 is 0. The number of carbonyl (C=O) groups excluding carboxylic acids is 3. The van der Waals surface area contributed by atoms with Gasteiger partial charge in [-0.05, 0) is 18.1 Å². The number of urea groups is 1. The van der Waals surface area contributed by atoms with Crippen molar-refractivity contribution >= 4 is 17.8 Å². The number of nitrogens with zero attached hydrogens (tertiary/aromatic N) is 4. The van der Waals surface area contributed by atoms with Gasteiger partial charge < -0.3 is 9.80 Å². The average molecular weight is 421 g/mol. The van der Waals surface area contributed by atoms with Gasteiger partial charge in [-0.15, -0.1) is 0 Å². The second-order valence-electron chi connectivity index (χ2n) is 7.87. The molecule has 162 valence electrons. The van der Waals surface area contributed by atoms with Crippen molar-refractivity contribution in [1.29, 1.82) is 0 Å². The second-order valence-corrected chi connectivity index (χ2v) is 7.87. The van der Waals surface area contributed by atoms with Crippen LogP contribution in [0.5, 0.6) is 0 Å². The van der Waals surface area contributed by atoms with E-state index in [-0.39, 0.29) is 18.6 Å². The molecule has 0 saturated carbocycles. The monoisotopic (exact) mass is 420 g/mol. The zero-order valence-corrected chi connectivity index (χ0v) is 17.8. The molecule has 0 radical (unpaired) electrons. The summed E-state index contributed by atoms with van der Waals surface area (Å²) in [4.78, 5) is 44.2. The van der Waals surface area contributed by atoms with Crippen molar-refractivity contribution in [1.82, 2.24) is 19.6 Å². The summed E-state index contributed by atoms with van der Waals surface area (Å²) in [6.07, 6.45) is 0. The minimum absolute atomic E-state index is 0.107. The summed E-state index contributed by atoms with van der Waals surface area (Å²) in [6.45, 7) is 5.39. The molecule has 2 aliphatic rings. The van der Waals surface area contributed by atoms with Crippen molar-refractivity contribution in [3.63, 3.8) is 0 Å². The molecule has 2 fully saturated rings. The van der Waals surface area contributed by atoms with Crippen LogP contribution in [0.25, 0.3) is 0 Å². The van der Waals surface area contributed by atoms with Crippen molar-refractivity contribution in [2.75, 3.05) is 45.8 Å². The largest absolute Gasteiger partial charge is 0.333 e. The fourth-order valence-electron chi connectivity index (χ4n) is 4.39. The molecule has 2 aliphatic heterocycles. The molecule has 2 aromatic carbocycles. The van der Waals surface area contributed by atoms with Crippen LogP contribution in [0.1, 0.15) is 24.1 Å². The molecular weight excluding hydrogens is 392 g/mol. The highest BCUT2D eigenvalue weighted by Crippen LogP contribution is 2.29. The first-order valence-electron chi connectivity index (χ1n) is 10.8. The van der Waals surface area contributed by atoms with E-state index in [9.17, 15) is 14.4 Å². The van der Waals surface area contributed by atoms with Crippen LogP contribution in [0.15, 0.2) is 60.7 Å². The van der Waals surface area contributed by atoms with E-state index in [1.54, 1.807) is 4.90 Å². The molecule has 31 heavy (non-hydrogen) atoms. The van der Waals surface area contributed by atoms with Gasteiger partial charge in [0.25, 0.3) is 0 Å². The van der Waals surface area contributed by atoms with E-state index in [1.807, 2.05) is 43.3 Å². The Labute approximate surface area is 182 Å². The fourth-order valence-corrected chi connectivity index (χ4v) is 4.39. The highest BCUT2D eigenvalue weighted by molar-refractivity contribution is 6.38. The molecule has 0 unspecified atom stereocenters. The molecule has 0 N–H and O–H groups in total. The van der Waals surface area contributed by atoms with Crippen LogP contribution in [0.4, 0.5) is 4.79 Å². The van der Waals surface area contributed by atoms with Gasteiger partial charge in [0, 0.05) is 45.8 Å². The lowest BCUT2D eigenvalue weighted by atomic mass is 9.96. The third kappa shape index (κ3) is 4.32. The van der Waals surface area contributed by atoms with E-state index in [0.717, 1.165) is 4.90 Å². The highest BCUT2D eigenvalue weighted by Gasteiger charge is 2.38. The normalized spacial score (nSPS) is 18.1. The molecule has 7 nitrogen and oxygen atoms in total. The molecule has 4 amide bonds. The number of hydrogen-bond donors (Lipinski definition) is 0. The third-order valence-corrected chi connectivity index (χ3v) is 6.10. The maximum absolute atomic E-state index is 13.0. The number of piperazine rings is 2. The molecule has 0 bridgehead atoms. The highest BCUT2D eigenvalue weighted by atomic mass is 16.2. The molecule has 0 atom stereocenters. The topological polar surface area (TPSA) is 64.2 Å². The van der Waals surface area contributed by atoms with E-state index >= 15 is 0 Å². The predicted molar refractivity (Wildman–Crippen MR) is 117 cm³/mol. The number of likely N-dealkylation sites (N-methyl/N-ethyl adjacent to an activating group) is 1. The minimum Gasteiger partial charge on any atom is -0.333 e. The molecular formula is C24H28N4O3. The van der Waals surface area contributed by atoms with Gasteiger partial charge in [-0.1, -0.05) is 60.7 Å². The number of benzene rings is 2. The van der Waals surface area contributed by atoms with Crippen LogP contribution in [-0.2, 0) is 9.59 Å². The standard InChI is InChI=1S/C24H28N4O3/c1-2-25-17-18-28(23(30)22(25)29)24(31)27-15-13-26(14-16-27)21(19-9-5-3-6-10-19)20-11-7-4-8-12-20/h3-12,21H,2,13-18H2,1H3. The molecule has 2 aromatic rings. The maximum atomic E-state index is 13.0. The van der Waals surface area contributed by atoms with E-state index < -0.39 is 11.8 Å². The maximum Gasteiger partial charge on any atom is 0.327 e. The summed E-state index contributed by atoms with van der Waals surface area (Å²) in [6, 6.07) is 20.5. The summed E-state index contributed by atoms with van der Waals surface area (Å²) in [5.41, 5.74) is 2.43. The van der Waals surface area contributed by atoms with Crippen LogP contribution < -0.4 is 0 Å². The first-order chi connectivity index (χ1) is 15.1. The number of carbonyl (C=O) groups is 3. The summed E-state index contributed by atoms with van der Waals surface area (Å²) < 4.78 is 0. The Morgan fingerprint density at radius 3 is 1.84 bits per heavy atom. The number of hydrogen-bond acceptors (Lipinski definition) is 4.